The number of ether oxygens (including phenoxy) is 1. The third-order valence-corrected chi connectivity index (χ3v) is 4.47. The Kier molecular flexibility index (Phi) is 5.01. The number of hydrogen-bond donors (Lipinski definition) is 2. The summed E-state index contributed by atoms with van der Waals surface area (Å²) >= 11 is 0. The standard InChI is InChI=1S/C20H19N5O3/c26-18-10-16(25-20(24-18)22-13-23-25)15-8-4-5-9-17(15)28-12-19(27)21-11-14-6-2-1-3-7-14/h1-9,13,16H,10-12H2,(H,21,27)(H,22,23,24,26)/t16-/m1/s1. The number of nitrogens with one attached hydrogen (secondary N) is 2. The number of para-hydroxylation sites is 1. The summed E-state index contributed by atoms with van der Waals surface area (Å²) in [5.74, 6) is 0.581. The molecule has 2 N–H and O–H groups in total. The minimum Gasteiger partial charge on any atom is -0.483 e. The molecule has 0 aliphatic carbocycles. The van der Waals surface area contributed by atoms with Crippen LogP contribution in [0.1, 0.15) is 23.6 Å². The second-order valence-electron chi connectivity index (χ2n) is 6.39. The quantitative estimate of drug-likeness (QED) is 0.684. The summed E-state index contributed by atoms with van der Waals surface area (Å²) in [7, 11) is 0. The highest BCUT2D eigenvalue weighted by Gasteiger charge is 2.29. The average molecular weight is 377 g/mol. The minimum atomic E-state index is -0.338. The fraction of sp³-hybridized carbons (Fsp3) is 0.200. The Labute approximate surface area is 161 Å². The van der Waals surface area contributed by atoms with E-state index in [1.807, 2.05) is 48.5 Å². The Morgan fingerprint density at radius 1 is 1.18 bits per heavy atom. The number of nitrogens with zero attached hydrogens (tertiary/aromatic N) is 3. The second kappa shape index (κ2) is 7.91. The maximum atomic E-state index is 12.2. The Morgan fingerprint density at radius 3 is 2.82 bits per heavy atom. The van der Waals surface area contributed by atoms with Crippen LogP contribution in [0.3, 0.4) is 0 Å². The van der Waals surface area contributed by atoms with Crippen molar-refractivity contribution in [1.29, 1.82) is 0 Å². The fourth-order valence-corrected chi connectivity index (χ4v) is 3.13. The van der Waals surface area contributed by atoms with Crippen molar-refractivity contribution in [2.75, 3.05) is 11.9 Å². The first kappa shape index (κ1) is 17.7. The van der Waals surface area contributed by atoms with Gasteiger partial charge in [-0.2, -0.15) is 10.1 Å². The molecule has 0 spiro atoms. The predicted octanol–water partition coefficient (Wildman–Crippen LogP) is 1.90. The van der Waals surface area contributed by atoms with Gasteiger partial charge in [-0.1, -0.05) is 48.5 Å². The van der Waals surface area contributed by atoms with Crippen molar-refractivity contribution >= 4 is 17.8 Å². The van der Waals surface area contributed by atoms with Crippen LogP contribution in [0.25, 0.3) is 0 Å². The van der Waals surface area contributed by atoms with E-state index in [1.165, 1.54) is 6.33 Å². The third kappa shape index (κ3) is 3.85. The van der Waals surface area contributed by atoms with Gasteiger partial charge in [0.2, 0.25) is 11.9 Å². The van der Waals surface area contributed by atoms with E-state index in [0.29, 0.717) is 18.2 Å². The molecular weight excluding hydrogens is 358 g/mol. The molecule has 2 amide bonds. The number of carbonyl (C=O) groups excluding carboxylic acids is 2. The van der Waals surface area contributed by atoms with Gasteiger partial charge in [0.25, 0.3) is 5.91 Å². The molecule has 0 fully saturated rings. The molecule has 0 bridgehead atoms. The van der Waals surface area contributed by atoms with Crippen LogP contribution >= 0.6 is 0 Å². The van der Waals surface area contributed by atoms with Gasteiger partial charge in [0.15, 0.2) is 6.61 Å². The molecule has 1 atom stereocenters. The molecule has 1 aliphatic heterocycles. The Balaban J connectivity index is 1.44. The molecule has 8 heteroatoms. The van der Waals surface area contributed by atoms with Crippen molar-refractivity contribution in [1.82, 2.24) is 20.1 Å². The van der Waals surface area contributed by atoms with E-state index in [9.17, 15) is 9.59 Å². The van der Waals surface area contributed by atoms with Crippen LogP contribution in [-0.4, -0.2) is 33.2 Å². The molecule has 0 saturated carbocycles. The van der Waals surface area contributed by atoms with Gasteiger partial charge in [0, 0.05) is 12.1 Å². The zero-order valence-corrected chi connectivity index (χ0v) is 15.0. The zero-order valence-electron chi connectivity index (χ0n) is 15.0. The Hall–Kier alpha value is -3.68. The number of hydrogen-bond acceptors (Lipinski definition) is 5. The highest BCUT2D eigenvalue weighted by atomic mass is 16.5. The van der Waals surface area contributed by atoms with Gasteiger partial charge in [-0.3, -0.25) is 14.9 Å². The van der Waals surface area contributed by atoms with E-state index < -0.39 is 0 Å². The van der Waals surface area contributed by atoms with Gasteiger partial charge >= 0.3 is 0 Å². The number of aromatic nitrogens is 3. The van der Waals surface area contributed by atoms with Crippen LogP contribution in [0.15, 0.2) is 60.9 Å². The summed E-state index contributed by atoms with van der Waals surface area (Å²) in [5, 5.41) is 9.72. The van der Waals surface area contributed by atoms with Crippen molar-refractivity contribution in [2.24, 2.45) is 0 Å². The lowest BCUT2D eigenvalue weighted by molar-refractivity contribution is -0.123. The van der Waals surface area contributed by atoms with Gasteiger partial charge in [0.05, 0.1) is 12.5 Å². The maximum absolute atomic E-state index is 12.2. The van der Waals surface area contributed by atoms with Gasteiger partial charge in [-0.15, -0.1) is 0 Å². The Morgan fingerprint density at radius 2 is 1.96 bits per heavy atom. The lowest BCUT2D eigenvalue weighted by Gasteiger charge is -2.25. The van der Waals surface area contributed by atoms with Crippen LogP contribution in [0.2, 0.25) is 0 Å². The topological polar surface area (TPSA) is 98.1 Å². The lowest BCUT2D eigenvalue weighted by atomic mass is 10.0. The number of fused-ring (bicyclic) bond motifs is 1. The first-order valence-electron chi connectivity index (χ1n) is 8.92. The molecule has 2 aromatic carbocycles. The van der Waals surface area contributed by atoms with E-state index >= 15 is 0 Å². The first-order valence-corrected chi connectivity index (χ1v) is 8.92. The van der Waals surface area contributed by atoms with E-state index in [0.717, 1.165) is 11.1 Å². The van der Waals surface area contributed by atoms with Crippen LogP contribution < -0.4 is 15.4 Å². The van der Waals surface area contributed by atoms with Crippen LogP contribution in [0.4, 0.5) is 5.95 Å². The summed E-state index contributed by atoms with van der Waals surface area (Å²) in [6, 6.07) is 16.7. The SMILES string of the molecule is O=C(COc1ccccc1[C@H]1CC(=O)Nc2ncnn21)NCc1ccccc1. The van der Waals surface area contributed by atoms with Crippen LogP contribution in [-0.2, 0) is 16.1 Å². The first-order chi connectivity index (χ1) is 13.7. The summed E-state index contributed by atoms with van der Waals surface area (Å²) in [4.78, 5) is 28.2. The third-order valence-electron chi connectivity index (χ3n) is 4.47. The van der Waals surface area contributed by atoms with Gasteiger partial charge < -0.3 is 10.1 Å². The van der Waals surface area contributed by atoms with Gasteiger partial charge in [-0.25, -0.2) is 4.68 Å². The molecule has 0 unspecified atom stereocenters. The molecule has 1 aliphatic rings. The number of carbonyl (C=O) groups is 2. The normalized spacial score (nSPS) is 15.4. The molecule has 1 aromatic heterocycles. The average Bonchev–Trinajstić information content (AvgIpc) is 3.19. The second-order valence-corrected chi connectivity index (χ2v) is 6.39. The van der Waals surface area contributed by atoms with Crippen LogP contribution in [0.5, 0.6) is 5.75 Å². The predicted molar refractivity (Wildman–Crippen MR) is 102 cm³/mol. The number of benzene rings is 2. The molecule has 0 radical (unpaired) electrons. The van der Waals surface area contributed by atoms with Crippen molar-refractivity contribution in [3.05, 3.63) is 72.1 Å². The van der Waals surface area contributed by atoms with E-state index in [1.54, 1.807) is 10.7 Å². The molecule has 142 valence electrons. The fourth-order valence-electron chi connectivity index (χ4n) is 3.13. The van der Waals surface area contributed by atoms with Gasteiger partial charge in [0.1, 0.15) is 12.1 Å². The number of anilines is 1. The van der Waals surface area contributed by atoms with Crippen molar-refractivity contribution in [3.8, 4) is 5.75 Å². The van der Waals surface area contributed by atoms with E-state index in [2.05, 4.69) is 20.7 Å². The Bertz CT molecular complexity index is 986. The van der Waals surface area contributed by atoms with Crippen molar-refractivity contribution in [3.63, 3.8) is 0 Å². The number of rotatable bonds is 6. The zero-order chi connectivity index (χ0) is 19.3. The summed E-state index contributed by atoms with van der Waals surface area (Å²) in [5.41, 5.74) is 1.79. The smallest absolute Gasteiger partial charge is 0.258 e. The largest absolute Gasteiger partial charge is 0.483 e. The van der Waals surface area contributed by atoms with Gasteiger partial charge in [-0.05, 0) is 11.6 Å². The van der Waals surface area contributed by atoms with Crippen LogP contribution in [0, 0.1) is 0 Å². The molecular formula is C20H19N5O3. The molecule has 4 rings (SSSR count). The van der Waals surface area contributed by atoms with E-state index in [-0.39, 0.29) is 30.9 Å². The molecule has 2 heterocycles. The molecule has 8 nitrogen and oxygen atoms in total. The molecule has 28 heavy (non-hydrogen) atoms. The van der Waals surface area contributed by atoms with E-state index in [4.69, 9.17) is 4.74 Å². The maximum Gasteiger partial charge on any atom is 0.258 e. The highest BCUT2D eigenvalue weighted by molar-refractivity contribution is 5.91. The minimum absolute atomic E-state index is 0.118. The molecule has 3 aromatic rings. The summed E-state index contributed by atoms with van der Waals surface area (Å²) in [6.07, 6.45) is 1.62. The number of amides is 2. The summed E-state index contributed by atoms with van der Waals surface area (Å²) < 4.78 is 7.41. The van der Waals surface area contributed by atoms with Crippen molar-refractivity contribution in [2.45, 2.75) is 19.0 Å². The molecule has 0 saturated heterocycles. The summed E-state index contributed by atoms with van der Waals surface area (Å²) in [6.45, 7) is 0.322. The highest BCUT2D eigenvalue weighted by Crippen LogP contribution is 2.33. The lowest BCUT2D eigenvalue weighted by Crippen LogP contribution is -2.30. The van der Waals surface area contributed by atoms with Crippen molar-refractivity contribution < 1.29 is 14.3 Å². The monoisotopic (exact) mass is 377 g/mol.